The predicted molar refractivity (Wildman–Crippen MR) is 128 cm³/mol. The van der Waals surface area contributed by atoms with Crippen LogP contribution < -0.4 is 14.5 Å². The van der Waals surface area contributed by atoms with Gasteiger partial charge < -0.3 is 9.47 Å². The number of hydrogen-bond acceptors (Lipinski definition) is 4. The largest absolute Gasteiger partial charge is 0.490 e. The number of amides is 1. The van der Waals surface area contributed by atoms with Crippen LogP contribution in [-0.2, 0) is 11.4 Å². The Kier molecular flexibility index (Phi) is 6.36. The maximum Gasteiger partial charge on any atom is 0.280 e. The minimum Gasteiger partial charge on any atom is -0.490 e. The monoisotopic (exact) mass is 426 g/mol. The van der Waals surface area contributed by atoms with Gasteiger partial charge in [-0.25, -0.2) is 0 Å². The molecule has 1 aliphatic rings. The first-order valence-electron chi connectivity index (χ1n) is 10.7. The van der Waals surface area contributed by atoms with Crippen LogP contribution in [0.2, 0.25) is 0 Å². The van der Waals surface area contributed by atoms with Gasteiger partial charge in [-0.2, -0.15) is 10.1 Å². The van der Waals surface area contributed by atoms with Crippen molar-refractivity contribution in [2.75, 3.05) is 11.6 Å². The number of para-hydroxylation sites is 1. The van der Waals surface area contributed by atoms with E-state index >= 15 is 0 Å². The minimum atomic E-state index is -0.147. The summed E-state index contributed by atoms with van der Waals surface area (Å²) < 4.78 is 11.8. The Morgan fingerprint density at radius 1 is 0.906 bits per heavy atom. The molecule has 1 amide bonds. The number of anilines is 1. The number of nitrogens with zero attached hydrogens (tertiary/aromatic N) is 2. The molecule has 1 heterocycles. The van der Waals surface area contributed by atoms with Crippen molar-refractivity contribution in [3.8, 4) is 11.5 Å². The molecule has 0 saturated carbocycles. The highest BCUT2D eigenvalue weighted by Crippen LogP contribution is 2.31. The Bertz CT molecular complexity index is 1180. The summed E-state index contributed by atoms with van der Waals surface area (Å²) in [6, 6.07) is 23.3. The van der Waals surface area contributed by atoms with Crippen LogP contribution in [0.4, 0.5) is 5.69 Å². The molecule has 0 bridgehead atoms. The van der Waals surface area contributed by atoms with Crippen LogP contribution in [0.15, 0.2) is 83.5 Å². The predicted octanol–water partition coefficient (Wildman–Crippen LogP) is 5.78. The molecular formula is C27H26N2O3. The molecule has 1 aliphatic heterocycles. The number of rotatable bonds is 7. The lowest BCUT2D eigenvalue weighted by molar-refractivity contribution is -0.114. The lowest BCUT2D eigenvalue weighted by Crippen LogP contribution is -2.21. The minimum absolute atomic E-state index is 0.147. The van der Waals surface area contributed by atoms with Crippen molar-refractivity contribution < 1.29 is 14.3 Å². The quantitative estimate of drug-likeness (QED) is 0.450. The second kappa shape index (κ2) is 9.52. The first kappa shape index (κ1) is 21.4. The van der Waals surface area contributed by atoms with E-state index in [9.17, 15) is 4.79 Å². The smallest absolute Gasteiger partial charge is 0.280 e. The molecule has 0 atom stereocenters. The number of hydrogen-bond donors (Lipinski definition) is 0. The fourth-order valence-electron chi connectivity index (χ4n) is 3.56. The summed E-state index contributed by atoms with van der Waals surface area (Å²) in [6.07, 6.45) is 1.84. The van der Waals surface area contributed by atoms with Crippen LogP contribution in [0.1, 0.15) is 30.5 Å². The molecule has 4 rings (SSSR count). The summed E-state index contributed by atoms with van der Waals surface area (Å²) in [4.78, 5) is 13.0. The second-order valence-corrected chi connectivity index (χ2v) is 7.61. The van der Waals surface area contributed by atoms with Gasteiger partial charge in [0, 0.05) is 0 Å². The second-order valence-electron chi connectivity index (χ2n) is 7.61. The van der Waals surface area contributed by atoms with Crippen molar-refractivity contribution in [1.29, 1.82) is 0 Å². The van der Waals surface area contributed by atoms with Crippen LogP contribution in [0, 0.1) is 6.92 Å². The SMILES string of the molecule is CCOc1cc(C=C2C(=O)N(c3ccccc3)N=C2C)ccc1OCc1cccc(C)c1. The van der Waals surface area contributed by atoms with Gasteiger partial charge in [0.2, 0.25) is 0 Å². The molecule has 32 heavy (non-hydrogen) atoms. The Morgan fingerprint density at radius 3 is 2.47 bits per heavy atom. The summed E-state index contributed by atoms with van der Waals surface area (Å²) in [7, 11) is 0. The Morgan fingerprint density at radius 2 is 1.72 bits per heavy atom. The Hall–Kier alpha value is -3.86. The third kappa shape index (κ3) is 4.72. The molecule has 0 aliphatic carbocycles. The van der Waals surface area contributed by atoms with Gasteiger partial charge in [0.1, 0.15) is 6.61 Å². The van der Waals surface area contributed by atoms with Gasteiger partial charge in [0.05, 0.1) is 23.6 Å². The summed E-state index contributed by atoms with van der Waals surface area (Å²) in [6.45, 7) is 6.81. The van der Waals surface area contributed by atoms with Crippen molar-refractivity contribution in [2.45, 2.75) is 27.4 Å². The zero-order valence-electron chi connectivity index (χ0n) is 18.5. The number of carbonyl (C=O) groups is 1. The highest BCUT2D eigenvalue weighted by Gasteiger charge is 2.28. The topological polar surface area (TPSA) is 51.1 Å². The van der Waals surface area contributed by atoms with E-state index in [2.05, 4.69) is 24.2 Å². The van der Waals surface area contributed by atoms with Crippen molar-refractivity contribution in [2.24, 2.45) is 5.10 Å². The molecule has 0 N–H and O–H groups in total. The van der Waals surface area contributed by atoms with Crippen LogP contribution in [0.3, 0.4) is 0 Å². The third-order valence-electron chi connectivity index (χ3n) is 5.12. The highest BCUT2D eigenvalue weighted by molar-refractivity contribution is 6.32. The zero-order valence-corrected chi connectivity index (χ0v) is 18.5. The van der Waals surface area contributed by atoms with Crippen molar-refractivity contribution >= 4 is 23.4 Å². The van der Waals surface area contributed by atoms with Gasteiger partial charge in [-0.3, -0.25) is 4.79 Å². The van der Waals surface area contributed by atoms with Gasteiger partial charge in [-0.05, 0) is 62.2 Å². The lowest BCUT2D eigenvalue weighted by atomic mass is 10.1. The van der Waals surface area contributed by atoms with Crippen LogP contribution in [0.5, 0.6) is 11.5 Å². The number of carbonyl (C=O) groups excluding carboxylic acids is 1. The summed E-state index contributed by atoms with van der Waals surface area (Å²) in [5.41, 5.74) is 5.13. The Labute approximate surface area is 188 Å². The summed E-state index contributed by atoms with van der Waals surface area (Å²) >= 11 is 0. The molecule has 0 saturated heterocycles. The molecule has 0 aromatic heterocycles. The average molecular weight is 427 g/mol. The van der Waals surface area contributed by atoms with Gasteiger partial charge >= 0.3 is 0 Å². The van der Waals surface area contributed by atoms with E-state index in [1.54, 1.807) is 0 Å². The average Bonchev–Trinajstić information content (AvgIpc) is 3.08. The summed E-state index contributed by atoms with van der Waals surface area (Å²) in [5.74, 6) is 1.17. The standard InChI is InChI=1S/C27H26N2O3/c1-4-31-26-17-21(13-14-25(26)32-18-22-10-8-9-19(2)15-22)16-24-20(3)28-29(27(24)30)23-11-6-5-7-12-23/h5-17H,4,18H2,1-3H3. The first-order chi connectivity index (χ1) is 15.5. The molecule has 3 aromatic carbocycles. The number of hydrazone groups is 1. The van der Waals surface area contributed by atoms with Crippen LogP contribution >= 0.6 is 0 Å². The number of benzene rings is 3. The fraction of sp³-hybridized carbons (Fsp3) is 0.185. The lowest BCUT2D eigenvalue weighted by Gasteiger charge is -2.13. The number of aryl methyl sites for hydroxylation is 1. The van der Waals surface area contributed by atoms with Gasteiger partial charge in [-0.15, -0.1) is 0 Å². The first-order valence-corrected chi connectivity index (χ1v) is 10.7. The molecular weight excluding hydrogens is 400 g/mol. The molecule has 0 spiro atoms. The molecule has 0 fully saturated rings. The zero-order chi connectivity index (χ0) is 22.5. The molecule has 162 valence electrons. The normalized spacial score (nSPS) is 14.6. The Balaban J connectivity index is 1.56. The molecule has 5 nitrogen and oxygen atoms in total. The van der Waals surface area contributed by atoms with Crippen LogP contribution in [0.25, 0.3) is 6.08 Å². The van der Waals surface area contributed by atoms with E-state index in [-0.39, 0.29) is 5.91 Å². The van der Waals surface area contributed by atoms with Crippen molar-refractivity contribution in [3.63, 3.8) is 0 Å². The van der Waals surface area contributed by atoms with E-state index in [0.29, 0.717) is 36.0 Å². The summed E-state index contributed by atoms with van der Waals surface area (Å²) in [5, 5.41) is 5.87. The van der Waals surface area contributed by atoms with Gasteiger partial charge in [-0.1, -0.05) is 54.1 Å². The van der Waals surface area contributed by atoms with Crippen molar-refractivity contribution in [3.05, 3.63) is 95.1 Å². The van der Waals surface area contributed by atoms with Crippen LogP contribution in [-0.4, -0.2) is 18.2 Å². The van der Waals surface area contributed by atoms with Gasteiger partial charge in [0.15, 0.2) is 11.5 Å². The fourth-order valence-corrected chi connectivity index (χ4v) is 3.56. The third-order valence-corrected chi connectivity index (χ3v) is 5.12. The van der Waals surface area contributed by atoms with E-state index in [1.165, 1.54) is 10.6 Å². The maximum absolute atomic E-state index is 13.0. The molecule has 0 unspecified atom stereocenters. The molecule has 0 radical (unpaired) electrons. The van der Waals surface area contributed by atoms with E-state index in [4.69, 9.17) is 9.47 Å². The van der Waals surface area contributed by atoms with Crippen molar-refractivity contribution in [1.82, 2.24) is 0 Å². The van der Waals surface area contributed by atoms with Gasteiger partial charge in [0.25, 0.3) is 5.91 Å². The highest BCUT2D eigenvalue weighted by atomic mass is 16.5. The molecule has 3 aromatic rings. The molecule has 5 heteroatoms. The number of ether oxygens (including phenoxy) is 2. The maximum atomic E-state index is 13.0. The van der Waals surface area contributed by atoms with E-state index in [1.807, 2.05) is 80.6 Å². The van der Waals surface area contributed by atoms with E-state index in [0.717, 1.165) is 16.8 Å². The van der Waals surface area contributed by atoms with E-state index < -0.39 is 0 Å².